The summed E-state index contributed by atoms with van der Waals surface area (Å²) in [7, 11) is -0.527. The van der Waals surface area contributed by atoms with Gasteiger partial charge < -0.3 is 0 Å². The summed E-state index contributed by atoms with van der Waals surface area (Å²) in [6.07, 6.45) is 17.7. The van der Waals surface area contributed by atoms with Crippen LogP contribution in [0.25, 0.3) is 0 Å². The lowest BCUT2D eigenvalue weighted by molar-refractivity contribution is 0.834. The molecule has 0 aromatic carbocycles. The summed E-state index contributed by atoms with van der Waals surface area (Å²) < 4.78 is 0. The lowest BCUT2D eigenvalue weighted by Gasteiger charge is -2.36. The van der Waals surface area contributed by atoms with Gasteiger partial charge in [0.1, 0.15) is 0 Å². The number of hydrogen-bond donors (Lipinski definition) is 1. The van der Waals surface area contributed by atoms with Crippen molar-refractivity contribution in [2.75, 3.05) is 24.6 Å². The first kappa shape index (κ1) is 21.5. The molecule has 3 nitrogen and oxygen atoms in total. The molecule has 0 fully saturated rings. The van der Waals surface area contributed by atoms with Crippen molar-refractivity contribution < 1.29 is 0 Å². The molecule has 0 aliphatic carbocycles. The van der Waals surface area contributed by atoms with E-state index in [4.69, 9.17) is 10.5 Å². The van der Waals surface area contributed by atoms with Gasteiger partial charge in [0, 0.05) is 0 Å². The Morgan fingerprint density at radius 1 is 0.750 bits per heavy atom. The van der Waals surface area contributed by atoms with E-state index in [0.717, 1.165) is 0 Å². The fourth-order valence-electron chi connectivity index (χ4n) is 2.32. The van der Waals surface area contributed by atoms with Gasteiger partial charge in [0.25, 0.3) is 0 Å². The molecule has 0 aliphatic heterocycles. The third-order valence-electron chi connectivity index (χ3n) is 3.74. The molecule has 0 saturated heterocycles. The highest BCUT2D eigenvalue weighted by atomic mass is 31.2. The van der Waals surface area contributed by atoms with E-state index in [1.54, 1.807) is 23.8 Å². The predicted molar refractivity (Wildman–Crippen MR) is 91.1 cm³/mol. The maximum Gasteiger partial charge on any atom is 0.190 e. The molecule has 20 heavy (non-hydrogen) atoms. The van der Waals surface area contributed by atoms with Crippen LogP contribution in [0.1, 0.15) is 66.2 Å². The summed E-state index contributed by atoms with van der Waals surface area (Å²) in [5.74, 6) is 0. The van der Waals surface area contributed by atoms with E-state index >= 15 is 0 Å². The van der Waals surface area contributed by atoms with E-state index in [9.17, 15) is 0 Å². The van der Waals surface area contributed by atoms with Crippen LogP contribution in [-0.2, 0) is 0 Å². The SMILES string of the molecule is CCCC[P](CC)(CCCC)CCCC.N#CNC#N. The second-order valence-electron chi connectivity index (χ2n) is 5.24. The minimum atomic E-state index is -0.527. The Balaban J connectivity index is 0. The third-order valence-corrected chi connectivity index (χ3v) is 8.88. The summed E-state index contributed by atoms with van der Waals surface area (Å²) in [5, 5.41) is 16.7. The van der Waals surface area contributed by atoms with E-state index < -0.39 is 7.26 Å². The monoisotopic (exact) mass is 298 g/mol. The molecule has 0 bridgehead atoms. The summed E-state index contributed by atoms with van der Waals surface area (Å²) in [6.45, 7) is 9.46. The third kappa shape index (κ3) is 12.3. The fraction of sp³-hybridized carbons (Fsp3) is 0.875. The average molecular weight is 298 g/mol. The largest absolute Gasteiger partial charge is 0.229 e. The number of nitriles is 2. The second-order valence-corrected chi connectivity index (χ2v) is 9.90. The van der Waals surface area contributed by atoms with E-state index in [1.807, 2.05) is 0 Å². The van der Waals surface area contributed by atoms with E-state index in [1.165, 1.54) is 57.1 Å². The van der Waals surface area contributed by atoms with Crippen LogP contribution in [0, 0.1) is 22.9 Å². The first-order valence-electron chi connectivity index (χ1n) is 8.04. The molecule has 1 radical (unpaired) electrons. The van der Waals surface area contributed by atoms with Crippen LogP contribution in [0.5, 0.6) is 0 Å². The van der Waals surface area contributed by atoms with Crippen molar-refractivity contribution in [3.63, 3.8) is 0 Å². The Hall–Kier alpha value is -0.790. The Morgan fingerprint density at radius 2 is 1.10 bits per heavy atom. The quantitative estimate of drug-likeness (QED) is 0.352. The van der Waals surface area contributed by atoms with Crippen molar-refractivity contribution >= 4 is 7.26 Å². The molecule has 0 rings (SSSR count). The van der Waals surface area contributed by atoms with Crippen molar-refractivity contribution in [2.24, 2.45) is 0 Å². The molecule has 0 aromatic rings. The molecule has 0 aromatic heterocycles. The van der Waals surface area contributed by atoms with Crippen molar-refractivity contribution in [2.45, 2.75) is 66.2 Å². The summed E-state index contributed by atoms with van der Waals surface area (Å²) in [4.78, 5) is 0. The van der Waals surface area contributed by atoms with Crippen LogP contribution >= 0.6 is 7.26 Å². The van der Waals surface area contributed by atoms with Crippen LogP contribution < -0.4 is 5.32 Å². The number of hydrogen-bond acceptors (Lipinski definition) is 3. The van der Waals surface area contributed by atoms with Gasteiger partial charge in [-0.25, -0.2) is 5.32 Å². The normalized spacial score (nSPS) is 9.90. The molecule has 1 N–H and O–H groups in total. The Bertz CT molecular complexity index is 245. The minimum absolute atomic E-state index is 0.527. The standard InChI is InChI=1S/C14H32P.C2HN3/c1-5-9-12-15(8-4,13-10-6-2)14-11-7-3;3-1-5-2-4/h5-14H2,1-4H3;5H. The van der Waals surface area contributed by atoms with Crippen molar-refractivity contribution in [3.8, 4) is 12.4 Å². The molecule has 0 unspecified atom stereocenters. The van der Waals surface area contributed by atoms with Crippen molar-refractivity contribution in [1.82, 2.24) is 5.32 Å². The van der Waals surface area contributed by atoms with Gasteiger partial charge in [0.05, 0.1) is 0 Å². The Kier molecular flexibility index (Phi) is 17.5. The summed E-state index contributed by atoms with van der Waals surface area (Å²) >= 11 is 0. The molecule has 4 heteroatoms. The van der Waals surface area contributed by atoms with Gasteiger partial charge in [-0.2, -0.15) is 10.5 Å². The van der Waals surface area contributed by atoms with Gasteiger partial charge in [-0.05, 0) is 43.9 Å². The zero-order valence-corrected chi connectivity index (χ0v) is 14.8. The van der Waals surface area contributed by atoms with Crippen LogP contribution in [0.15, 0.2) is 0 Å². The lowest BCUT2D eigenvalue weighted by Crippen LogP contribution is -2.11. The molecular formula is C16H33N3P. The van der Waals surface area contributed by atoms with Gasteiger partial charge in [0.2, 0.25) is 0 Å². The van der Waals surface area contributed by atoms with Gasteiger partial charge >= 0.3 is 0 Å². The lowest BCUT2D eigenvalue weighted by atomic mass is 10.4. The number of nitrogens with one attached hydrogen (secondary N) is 1. The average Bonchev–Trinajstić information content (AvgIpc) is 2.48. The van der Waals surface area contributed by atoms with Crippen LogP contribution in [0.4, 0.5) is 0 Å². The molecule has 0 amide bonds. The topological polar surface area (TPSA) is 59.6 Å². The zero-order valence-electron chi connectivity index (χ0n) is 13.9. The molecule has 0 aliphatic rings. The maximum atomic E-state index is 7.48. The molecule has 0 atom stereocenters. The maximum absolute atomic E-state index is 7.48. The van der Waals surface area contributed by atoms with Gasteiger partial charge in [-0.3, -0.25) is 0 Å². The highest BCUT2D eigenvalue weighted by Gasteiger charge is 2.22. The minimum Gasteiger partial charge on any atom is -0.229 e. The Labute approximate surface area is 127 Å². The number of unbranched alkanes of at least 4 members (excludes halogenated alkanes) is 3. The fourth-order valence-corrected chi connectivity index (χ4v) is 6.90. The number of rotatable bonds is 10. The van der Waals surface area contributed by atoms with Crippen LogP contribution in [0.3, 0.4) is 0 Å². The van der Waals surface area contributed by atoms with Gasteiger partial charge in [-0.15, -0.1) is 7.26 Å². The van der Waals surface area contributed by atoms with E-state index in [-0.39, 0.29) is 0 Å². The first-order valence-corrected chi connectivity index (χ1v) is 10.6. The van der Waals surface area contributed by atoms with Gasteiger partial charge in [0.15, 0.2) is 12.4 Å². The van der Waals surface area contributed by atoms with Crippen molar-refractivity contribution in [1.29, 1.82) is 10.5 Å². The predicted octanol–water partition coefficient (Wildman–Crippen LogP) is 4.96. The molecule has 0 spiro atoms. The van der Waals surface area contributed by atoms with E-state index in [2.05, 4.69) is 27.7 Å². The molecular weight excluding hydrogens is 265 g/mol. The zero-order chi connectivity index (χ0) is 15.7. The molecule has 117 valence electrons. The van der Waals surface area contributed by atoms with E-state index in [0.29, 0.717) is 0 Å². The highest BCUT2D eigenvalue weighted by molar-refractivity contribution is 7.75. The summed E-state index contributed by atoms with van der Waals surface area (Å²) in [6, 6.07) is 0. The van der Waals surface area contributed by atoms with Crippen molar-refractivity contribution in [3.05, 3.63) is 0 Å². The van der Waals surface area contributed by atoms with Gasteiger partial charge in [-0.1, -0.05) is 47.0 Å². The van der Waals surface area contributed by atoms with Crippen LogP contribution in [0.2, 0.25) is 0 Å². The first-order chi connectivity index (χ1) is 9.66. The molecule has 0 heterocycles. The smallest absolute Gasteiger partial charge is 0.190 e. The Morgan fingerprint density at radius 3 is 1.25 bits per heavy atom. The number of nitrogens with zero attached hydrogens (tertiary/aromatic N) is 2. The highest BCUT2D eigenvalue weighted by Crippen LogP contribution is 2.60. The van der Waals surface area contributed by atoms with Crippen LogP contribution in [-0.4, -0.2) is 24.6 Å². The molecule has 0 saturated carbocycles. The second kappa shape index (κ2) is 16.3. The summed E-state index contributed by atoms with van der Waals surface area (Å²) in [5.41, 5.74) is 0.